The predicted molar refractivity (Wildman–Crippen MR) is 97.2 cm³/mol. The normalized spacial score (nSPS) is 10.9. The first-order valence-corrected chi connectivity index (χ1v) is 8.06. The second-order valence-electron chi connectivity index (χ2n) is 6.09. The molecule has 3 rings (SSSR count). The van der Waals surface area contributed by atoms with E-state index in [1.54, 1.807) is 6.07 Å². The van der Waals surface area contributed by atoms with Crippen molar-refractivity contribution in [1.82, 2.24) is 0 Å². The van der Waals surface area contributed by atoms with Crippen molar-refractivity contribution < 1.29 is 4.39 Å². The largest absolute Gasteiger partial charge is 0.207 e. The number of halogens is 1. The number of hydrogen-bond donors (Lipinski definition) is 0. The highest BCUT2D eigenvalue weighted by molar-refractivity contribution is 5.91. The van der Waals surface area contributed by atoms with Crippen molar-refractivity contribution in [2.75, 3.05) is 0 Å². The zero-order valence-electron chi connectivity index (χ0n) is 13.5. The van der Waals surface area contributed by atoms with E-state index in [4.69, 9.17) is 0 Å². The Balaban J connectivity index is 1.76. The molecule has 0 saturated carbocycles. The smallest absolute Gasteiger partial charge is 0.123 e. The van der Waals surface area contributed by atoms with Crippen LogP contribution in [0.25, 0.3) is 16.8 Å². The summed E-state index contributed by atoms with van der Waals surface area (Å²) >= 11 is 0. The summed E-state index contributed by atoms with van der Waals surface area (Å²) in [4.78, 5) is 0. The first-order valence-electron chi connectivity index (χ1n) is 8.06. The van der Waals surface area contributed by atoms with Crippen molar-refractivity contribution in [3.05, 3.63) is 89.2 Å². The molecule has 0 N–H and O–H groups in total. The van der Waals surface area contributed by atoms with Gasteiger partial charge in [0.25, 0.3) is 0 Å². The van der Waals surface area contributed by atoms with Gasteiger partial charge < -0.3 is 0 Å². The number of hydrogen-bond acceptors (Lipinski definition) is 0. The predicted octanol–water partition coefficient (Wildman–Crippen LogP) is 6.11. The molecule has 0 heterocycles. The molecule has 1 heteroatoms. The van der Waals surface area contributed by atoms with Gasteiger partial charge in [-0.3, -0.25) is 0 Å². The van der Waals surface area contributed by atoms with Crippen molar-refractivity contribution in [2.24, 2.45) is 0 Å². The van der Waals surface area contributed by atoms with Crippen LogP contribution in [-0.4, -0.2) is 0 Å². The molecular formula is C22H21F. The van der Waals surface area contributed by atoms with Crippen molar-refractivity contribution in [2.45, 2.75) is 26.2 Å². The Morgan fingerprint density at radius 2 is 1.65 bits per heavy atom. The minimum Gasteiger partial charge on any atom is -0.207 e. The first-order chi connectivity index (χ1) is 11.2. The first kappa shape index (κ1) is 15.5. The van der Waals surface area contributed by atoms with Gasteiger partial charge in [-0.05, 0) is 65.8 Å². The van der Waals surface area contributed by atoms with Crippen molar-refractivity contribution in [1.29, 1.82) is 0 Å². The Morgan fingerprint density at radius 3 is 2.39 bits per heavy atom. The summed E-state index contributed by atoms with van der Waals surface area (Å²) in [7, 11) is 0. The molecule has 3 aromatic carbocycles. The molecule has 3 aromatic rings. The number of fused-ring (bicyclic) bond motifs is 1. The van der Waals surface area contributed by atoms with E-state index in [0.717, 1.165) is 35.6 Å². The van der Waals surface area contributed by atoms with Gasteiger partial charge in [-0.1, -0.05) is 60.7 Å². The molecule has 0 radical (unpaired) electrons. The van der Waals surface area contributed by atoms with E-state index in [1.165, 1.54) is 22.8 Å². The van der Waals surface area contributed by atoms with Crippen LogP contribution in [0, 0.1) is 12.7 Å². The van der Waals surface area contributed by atoms with E-state index in [2.05, 4.69) is 49.9 Å². The summed E-state index contributed by atoms with van der Waals surface area (Å²) in [6, 6.07) is 18.0. The summed E-state index contributed by atoms with van der Waals surface area (Å²) in [5.41, 5.74) is 4.96. The molecule has 0 aliphatic rings. The monoisotopic (exact) mass is 304 g/mol. The number of rotatable bonds is 5. The molecular weight excluding hydrogens is 283 g/mol. The zero-order chi connectivity index (χ0) is 16.2. The number of aryl methyl sites for hydroxylation is 3. The Labute approximate surface area is 137 Å². The van der Waals surface area contributed by atoms with Crippen LogP contribution in [0.1, 0.15) is 28.7 Å². The summed E-state index contributed by atoms with van der Waals surface area (Å²) in [5, 5.41) is 2.01. The summed E-state index contributed by atoms with van der Waals surface area (Å²) in [6.07, 6.45) is 5.00. The van der Waals surface area contributed by atoms with Gasteiger partial charge in [-0.2, -0.15) is 0 Å². The highest BCUT2D eigenvalue weighted by Gasteiger charge is 2.04. The van der Waals surface area contributed by atoms with E-state index in [0.29, 0.717) is 0 Å². The van der Waals surface area contributed by atoms with Gasteiger partial charge in [0.05, 0.1) is 0 Å². The molecule has 0 atom stereocenters. The van der Waals surface area contributed by atoms with Crippen LogP contribution in [0.2, 0.25) is 0 Å². The average Bonchev–Trinajstić information content (AvgIpc) is 2.56. The van der Waals surface area contributed by atoms with Gasteiger partial charge in [-0.15, -0.1) is 0 Å². The van der Waals surface area contributed by atoms with Crippen LogP contribution in [0.15, 0.2) is 61.2 Å². The third-order valence-corrected chi connectivity index (χ3v) is 4.28. The minimum atomic E-state index is -0.201. The lowest BCUT2D eigenvalue weighted by atomic mass is 9.97. The Hall–Kier alpha value is -2.41. The Morgan fingerprint density at radius 1 is 0.913 bits per heavy atom. The quantitative estimate of drug-likeness (QED) is 0.534. The number of benzene rings is 3. The van der Waals surface area contributed by atoms with Crippen LogP contribution in [0.5, 0.6) is 0 Å². The molecule has 0 nitrogen and oxygen atoms in total. The van der Waals surface area contributed by atoms with E-state index in [9.17, 15) is 4.39 Å². The molecule has 0 amide bonds. The van der Waals surface area contributed by atoms with E-state index < -0.39 is 0 Å². The van der Waals surface area contributed by atoms with Crippen molar-refractivity contribution in [3.63, 3.8) is 0 Å². The summed E-state index contributed by atoms with van der Waals surface area (Å²) in [6.45, 7) is 5.98. The highest BCUT2D eigenvalue weighted by atomic mass is 19.1. The maximum absolute atomic E-state index is 13.4. The van der Waals surface area contributed by atoms with Gasteiger partial charge in [0.1, 0.15) is 5.82 Å². The zero-order valence-corrected chi connectivity index (χ0v) is 13.5. The highest BCUT2D eigenvalue weighted by Crippen LogP contribution is 2.24. The molecule has 116 valence electrons. The van der Waals surface area contributed by atoms with Crippen LogP contribution in [0.3, 0.4) is 0 Å². The lowest BCUT2D eigenvalue weighted by molar-refractivity contribution is 0.629. The van der Waals surface area contributed by atoms with Gasteiger partial charge in [-0.25, -0.2) is 4.39 Å². The molecule has 0 fully saturated rings. The fraction of sp³-hybridized carbons (Fsp3) is 0.182. The minimum absolute atomic E-state index is 0.201. The molecule has 0 saturated heterocycles. The standard InChI is InChI=1S/C22H21F/c1-3-19-13-18(14-20-11-12-21(23)15-22(19)20)6-4-5-17-9-7-16(2)8-10-17/h3,7-15H,1,4-6H2,2H3. The van der Waals surface area contributed by atoms with Crippen molar-refractivity contribution >= 4 is 16.8 Å². The Bertz CT molecular complexity index is 828. The lowest BCUT2D eigenvalue weighted by Crippen LogP contribution is -1.92. The van der Waals surface area contributed by atoms with Crippen LogP contribution in [0.4, 0.5) is 4.39 Å². The molecule has 0 aromatic heterocycles. The van der Waals surface area contributed by atoms with E-state index in [-0.39, 0.29) is 5.82 Å². The second kappa shape index (κ2) is 6.78. The molecule has 0 bridgehead atoms. The van der Waals surface area contributed by atoms with Crippen LogP contribution >= 0.6 is 0 Å². The fourth-order valence-corrected chi connectivity index (χ4v) is 2.99. The van der Waals surface area contributed by atoms with Gasteiger partial charge in [0, 0.05) is 0 Å². The SMILES string of the molecule is C=Cc1cc(CCCc2ccc(C)cc2)cc2ccc(F)cc12. The Kier molecular flexibility index (Phi) is 4.57. The van der Waals surface area contributed by atoms with Crippen LogP contribution in [-0.2, 0) is 12.8 Å². The van der Waals surface area contributed by atoms with Crippen LogP contribution < -0.4 is 0 Å². The van der Waals surface area contributed by atoms with E-state index in [1.807, 2.05) is 12.1 Å². The molecule has 0 spiro atoms. The topological polar surface area (TPSA) is 0 Å². The molecule has 0 aliphatic carbocycles. The van der Waals surface area contributed by atoms with Gasteiger partial charge in [0.2, 0.25) is 0 Å². The summed E-state index contributed by atoms with van der Waals surface area (Å²) < 4.78 is 13.4. The van der Waals surface area contributed by atoms with E-state index >= 15 is 0 Å². The fourth-order valence-electron chi connectivity index (χ4n) is 2.99. The van der Waals surface area contributed by atoms with Crippen molar-refractivity contribution in [3.8, 4) is 0 Å². The third kappa shape index (κ3) is 3.68. The maximum atomic E-state index is 13.4. The lowest BCUT2D eigenvalue weighted by Gasteiger charge is -2.08. The second-order valence-corrected chi connectivity index (χ2v) is 6.09. The average molecular weight is 304 g/mol. The van der Waals surface area contributed by atoms with Gasteiger partial charge >= 0.3 is 0 Å². The molecule has 0 aliphatic heterocycles. The van der Waals surface area contributed by atoms with Gasteiger partial charge in [0.15, 0.2) is 0 Å². The third-order valence-electron chi connectivity index (χ3n) is 4.28. The maximum Gasteiger partial charge on any atom is 0.123 e. The summed E-state index contributed by atoms with van der Waals surface area (Å²) in [5.74, 6) is -0.201. The molecule has 0 unspecified atom stereocenters. The molecule has 23 heavy (non-hydrogen) atoms.